The molecule has 0 aliphatic carbocycles. The van der Waals surface area contributed by atoms with Gasteiger partial charge in [-0.2, -0.15) is 8.42 Å². The van der Waals surface area contributed by atoms with Crippen LogP contribution in [0.15, 0.2) is 49.6 Å². The first kappa shape index (κ1) is 21.2. The molecule has 1 aromatic carbocycles. The average molecular weight is 492 g/mol. The summed E-state index contributed by atoms with van der Waals surface area (Å²) in [5, 5.41) is 2.56. The van der Waals surface area contributed by atoms with Gasteiger partial charge in [0.25, 0.3) is 10.0 Å². The molecule has 0 radical (unpaired) electrons. The number of hydrogen-bond donors (Lipinski definition) is 0. The minimum absolute atomic E-state index is 0.0241. The van der Waals surface area contributed by atoms with Gasteiger partial charge in [0.2, 0.25) is 0 Å². The highest BCUT2D eigenvalue weighted by molar-refractivity contribution is 7.90. The molecule has 0 amide bonds. The van der Waals surface area contributed by atoms with Gasteiger partial charge in [0.15, 0.2) is 10.8 Å². The third-order valence-electron chi connectivity index (χ3n) is 5.29. The summed E-state index contributed by atoms with van der Waals surface area (Å²) in [5.41, 5.74) is 0.986. The number of carbonyl (C=O) groups excluding carboxylic acids is 1. The molecule has 3 aromatic rings. The molecule has 166 valence electrons. The summed E-state index contributed by atoms with van der Waals surface area (Å²) in [6.07, 6.45) is 4.96. The van der Waals surface area contributed by atoms with Crippen molar-refractivity contribution in [3.8, 4) is 10.8 Å². The van der Waals surface area contributed by atoms with Gasteiger partial charge in [0, 0.05) is 18.3 Å². The fraction of sp³-hybridized carbons (Fsp3) is 0.286. The van der Waals surface area contributed by atoms with Gasteiger partial charge >= 0.3 is 5.97 Å². The number of amidine groups is 1. The van der Waals surface area contributed by atoms with Crippen LogP contribution in [0.2, 0.25) is 5.02 Å². The van der Waals surface area contributed by atoms with Crippen LogP contribution in [-0.2, 0) is 21.4 Å². The lowest BCUT2D eigenvalue weighted by atomic mass is 10.1. The number of rotatable bonds is 4. The Morgan fingerprint density at radius 3 is 2.97 bits per heavy atom. The molecule has 2 aliphatic heterocycles. The number of aromatic nitrogens is 1. The highest BCUT2D eigenvalue weighted by Crippen LogP contribution is 2.38. The van der Waals surface area contributed by atoms with Gasteiger partial charge in [-0.25, -0.2) is 9.78 Å². The average Bonchev–Trinajstić information content (AvgIpc) is 3.40. The van der Waals surface area contributed by atoms with Crippen LogP contribution in [-0.4, -0.2) is 31.8 Å². The summed E-state index contributed by atoms with van der Waals surface area (Å²) in [4.78, 5) is 18.9. The number of sulfonamides is 1. The molecule has 4 heterocycles. The molecule has 5 rings (SSSR count). The molecule has 0 saturated carbocycles. The van der Waals surface area contributed by atoms with Crippen molar-refractivity contribution >= 4 is 50.5 Å². The van der Waals surface area contributed by atoms with E-state index in [1.807, 2.05) is 4.90 Å². The van der Waals surface area contributed by atoms with E-state index < -0.39 is 16.0 Å². The van der Waals surface area contributed by atoms with E-state index in [9.17, 15) is 13.2 Å². The van der Waals surface area contributed by atoms with Gasteiger partial charge in [-0.05, 0) is 37.1 Å². The van der Waals surface area contributed by atoms with Gasteiger partial charge in [-0.3, -0.25) is 0 Å². The first-order valence-electron chi connectivity index (χ1n) is 10.0. The molecule has 8 nitrogen and oxygen atoms in total. The molecule has 0 unspecified atom stereocenters. The van der Waals surface area contributed by atoms with Crippen LogP contribution in [0.4, 0.5) is 5.69 Å². The lowest BCUT2D eigenvalue weighted by Gasteiger charge is -2.30. The largest absolute Gasteiger partial charge is 0.462 e. The van der Waals surface area contributed by atoms with Gasteiger partial charge in [0.05, 0.1) is 28.2 Å². The van der Waals surface area contributed by atoms with Crippen molar-refractivity contribution in [1.82, 2.24) is 4.98 Å². The molecular formula is C21H18ClN3O5S2. The number of furan rings is 1. The zero-order valence-electron chi connectivity index (χ0n) is 16.8. The maximum absolute atomic E-state index is 12.8. The van der Waals surface area contributed by atoms with Crippen molar-refractivity contribution in [2.24, 2.45) is 4.40 Å². The van der Waals surface area contributed by atoms with E-state index in [2.05, 4.69) is 9.38 Å². The molecular weight excluding hydrogens is 474 g/mol. The van der Waals surface area contributed by atoms with Crippen molar-refractivity contribution in [3.05, 3.63) is 52.2 Å². The number of nitrogens with zero attached hydrogens (tertiary/aromatic N) is 3. The minimum atomic E-state index is -3.93. The number of thiazole rings is 1. The van der Waals surface area contributed by atoms with Crippen molar-refractivity contribution in [2.75, 3.05) is 11.4 Å². The van der Waals surface area contributed by atoms with Gasteiger partial charge in [-0.15, -0.1) is 15.7 Å². The molecule has 11 heteroatoms. The quantitative estimate of drug-likeness (QED) is 0.478. The molecule has 0 atom stereocenters. The summed E-state index contributed by atoms with van der Waals surface area (Å²) in [7, 11) is -3.93. The van der Waals surface area contributed by atoms with Crippen molar-refractivity contribution in [3.63, 3.8) is 0 Å². The fourth-order valence-corrected chi connectivity index (χ4v) is 6.03. The third-order valence-corrected chi connectivity index (χ3v) is 7.84. The van der Waals surface area contributed by atoms with Crippen LogP contribution in [0.3, 0.4) is 0 Å². The number of benzene rings is 1. The summed E-state index contributed by atoms with van der Waals surface area (Å²) >= 11 is 7.75. The molecule has 2 aliphatic rings. The van der Waals surface area contributed by atoms with Crippen LogP contribution >= 0.6 is 22.9 Å². The van der Waals surface area contributed by atoms with E-state index >= 15 is 0 Å². The second-order valence-electron chi connectivity index (χ2n) is 7.44. The maximum atomic E-state index is 12.8. The summed E-state index contributed by atoms with van der Waals surface area (Å²) in [6.45, 7) is 0.577. The Morgan fingerprint density at radius 1 is 1.28 bits per heavy atom. The number of halogens is 1. The van der Waals surface area contributed by atoms with Crippen LogP contribution in [0.1, 0.15) is 41.7 Å². The lowest BCUT2D eigenvalue weighted by molar-refractivity contribution is 0.0468. The smallest absolute Gasteiger partial charge is 0.340 e. The van der Waals surface area contributed by atoms with E-state index in [1.54, 1.807) is 23.8 Å². The Morgan fingerprint density at radius 2 is 2.16 bits per heavy atom. The van der Waals surface area contributed by atoms with Crippen LogP contribution in [0, 0.1) is 0 Å². The first-order chi connectivity index (χ1) is 15.4. The Balaban J connectivity index is 1.39. The highest BCUT2D eigenvalue weighted by atomic mass is 35.5. The molecule has 0 bridgehead atoms. The Labute approximate surface area is 193 Å². The fourth-order valence-electron chi connectivity index (χ4n) is 3.76. The van der Waals surface area contributed by atoms with Gasteiger partial charge in [0.1, 0.15) is 17.3 Å². The van der Waals surface area contributed by atoms with Crippen molar-refractivity contribution in [2.45, 2.75) is 37.2 Å². The maximum Gasteiger partial charge on any atom is 0.340 e. The van der Waals surface area contributed by atoms with E-state index in [-0.39, 0.29) is 22.1 Å². The molecule has 1 fully saturated rings. The number of anilines is 1. The van der Waals surface area contributed by atoms with Gasteiger partial charge in [-0.1, -0.05) is 18.0 Å². The Bertz CT molecular complexity index is 1320. The number of carbonyl (C=O) groups is 1. The monoisotopic (exact) mass is 491 g/mol. The summed E-state index contributed by atoms with van der Waals surface area (Å²) in [6, 6.07) is 6.33. The Hall–Kier alpha value is -2.69. The molecule has 0 N–H and O–H groups in total. The van der Waals surface area contributed by atoms with Gasteiger partial charge < -0.3 is 14.1 Å². The van der Waals surface area contributed by atoms with Crippen LogP contribution in [0.5, 0.6) is 0 Å². The van der Waals surface area contributed by atoms with Crippen molar-refractivity contribution < 1.29 is 22.4 Å². The molecule has 0 spiro atoms. The molecule has 32 heavy (non-hydrogen) atoms. The Kier molecular flexibility index (Phi) is 5.52. The van der Waals surface area contributed by atoms with E-state index in [1.165, 1.54) is 23.5 Å². The zero-order chi connectivity index (χ0) is 22.3. The molecule has 2 aromatic heterocycles. The molecule has 1 saturated heterocycles. The number of ether oxygens (including phenoxy) is 1. The lowest BCUT2D eigenvalue weighted by Crippen LogP contribution is -2.35. The normalized spacial score (nSPS) is 17.2. The standard InChI is InChI=1S/C21H18ClN3O5S2/c22-15-10-16-18(32(27,28)24-19-6-2-1-3-7-25(16)19)9-14(15)21(26)30-11-13-12-31-20(23-13)17-5-4-8-29-17/h4-5,8-10,12H,1-3,6-7,11H2. The van der Waals surface area contributed by atoms with E-state index in [4.69, 9.17) is 20.8 Å². The predicted octanol–water partition coefficient (Wildman–Crippen LogP) is 4.89. The zero-order valence-corrected chi connectivity index (χ0v) is 19.2. The topological polar surface area (TPSA) is 102 Å². The van der Waals surface area contributed by atoms with E-state index in [0.717, 1.165) is 19.3 Å². The predicted molar refractivity (Wildman–Crippen MR) is 121 cm³/mol. The number of hydrogen-bond acceptors (Lipinski definition) is 8. The second kappa shape index (κ2) is 8.34. The number of esters is 1. The SMILES string of the molecule is O=C(OCc1csc(-c2ccco2)n1)c1cc2c(cc1Cl)N1CCCCCC1=NS2(=O)=O. The highest BCUT2D eigenvalue weighted by Gasteiger charge is 2.33. The third kappa shape index (κ3) is 3.94. The summed E-state index contributed by atoms with van der Waals surface area (Å²) < 4.78 is 40.2. The number of fused-ring (bicyclic) bond motifs is 3. The van der Waals surface area contributed by atoms with Crippen molar-refractivity contribution in [1.29, 1.82) is 0 Å². The van der Waals surface area contributed by atoms with E-state index in [0.29, 0.717) is 41.0 Å². The minimum Gasteiger partial charge on any atom is -0.462 e. The summed E-state index contributed by atoms with van der Waals surface area (Å²) in [5.74, 6) is 0.424. The first-order valence-corrected chi connectivity index (χ1v) is 12.7. The van der Waals surface area contributed by atoms with Crippen LogP contribution < -0.4 is 4.90 Å². The van der Waals surface area contributed by atoms with Crippen LogP contribution in [0.25, 0.3) is 10.8 Å². The second-order valence-corrected chi connectivity index (χ2v) is 10.3.